The molecule has 6 nitrogen and oxygen atoms in total. The summed E-state index contributed by atoms with van der Waals surface area (Å²) in [7, 11) is -9.65. The van der Waals surface area contributed by atoms with Gasteiger partial charge in [0, 0.05) is 10.6 Å². The zero-order chi connectivity index (χ0) is 20.4. The maximum absolute atomic E-state index is 13.0. The first-order valence-corrected chi connectivity index (χ1v) is 11.6. The van der Waals surface area contributed by atoms with Gasteiger partial charge in [-0.25, -0.2) is 8.42 Å². The van der Waals surface area contributed by atoms with Crippen molar-refractivity contribution in [1.82, 2.24) is 4.72 Å². The largest absolute Gasteiger partial charge is 0.809 e. The molecule has 1 atom stereocenters. The predicted molar refractivity (Wildman–Crippen MR) is 104 cm³/mol. The second kappa shape index (κ2) is 8.17. The second-order valence-corrected chi connectivity index (χ2v) is 9.69. The van der Waals surface area contributed by atoms with Crippen LogP contribution in [0.1, 0.15) is 11.3 Å². The predicted octanol–water partition coefficient (Wildman–Crippen LogP) is 2.90. The van der Waals surface area contributed by atoms with Crippen LogP contribution in [0.2, 0.25) is 5.02 Å². The van der Waals surface area contributed by atoms with E-state index >= 15 is 0 Å². The highest BCUT2D eigenvalue weighted by molar-refractivity contribution is 7.90. The molecule has 0 saturated carbocycles. The molecule has 0 radical (unpaired) electrons. The van der Waals surface area contributed by atoms with Crippen LogP contribution in [-0.4, -0.2) is 8.42 Å². The standard InChI is InChI=1S/C19H17ClNO5PS/c20-16-12-10-14(11-13-16)17-8-4-5-9-18(17)28(25,26)21-19(27(22,23)24)15-6-2-1-3-7-15/h1-13,19,21H,(H2,22,23,24)/p-2. The second-order valence-electron chi connectivity index (χ2n) is 5.98. The molecule has 9 heteroatoms. The summed E-state index contributed by atoms with van der Waals surface area (Å²) in [4.78, 5) is 23.4. The van der Waals surface area contributed by atoms with Gasteiger partial charge in [-0.3, -0.25) is 0 Å². The van der Waals surface area contributed by atoms with Gasteiger partial charge in [-0.15, -0.1) is 0 Å². The van der Waals surface area contributed by atoms with E-state index in [-0.39, 0.29) is 10.5 Å². The number of rotatable bonds is 6. The fourth-order valence-corrected chi connectivity index (χ4v) is 5.62. The van der Waals surface area contributed by atoms with Crippen molar-refractivity contribution >= 4 is 29.2 Å². The van der Waals surface area contributed by atoms with Crippen LogP contribution in [0.25, 0.3) is 11.1 Å². The first-order valence-electron chi connectivity index (χ1n) is 8.12. The van der Waals surface area contributed by atoms with Gasteiger partial charge in [0.2, 0.25) is 10.0 Å². The molecule has 0 amide bonds. The average molecular weight is 436 g/mol. The Morgan fingerprint density at radius 2 is 1.43 bits per heavy atom. The number of sulfonamides is 1. The van der Waals surface area contributed by atoms with E-state index in [1.807, 2.05) is 4.72 Å². The van der Waals surface area contributed by atoms with Crippen LogP contribution in [0.5, 0.6) is 0 Å². The van der Waals surface area contributed by atoms with E-state index < -0.39 is 23.4 Å². The van der Waals surface area contributed by atoms with Gasteiger partial charge in [0.05, 0.1) is 10.7 Å². The maximum Gasteiger partial charge on any atom is 0.242 e. The molecular formula is C19H15ClNO5PS-2. The molecule has 28 heavy (non-hydrogen) atoms. The van der Waals surface area contributed by atoms with Gasteiger partial charge in [0.15, 0.2) is 0 Å². The Hall–Kier alpha value is -1.99. The Labute approximate surface area is 168 Å². The van der Waals surface area contributed by atoms with Gasteiger partial charge in [-0.2, -0.15) is 4.72 Å². The summed E-state index contributed by atoms with van der Waals surface area (Å²) in [5, 5.41) is 0.491. The molecule has 3 aromatic carbocycles. The van der Waals surface area contributed by atoms with Crippen molar-refractivity contribution in [1.29, 1.82) is 0 Å². The van der Waals surface area contributed by atoms with E-state index in [1.54, 1.807) is 42.5 Å². The van der Waals surface area contributed by atoms with Gasteiger partial charge in [-0.1, -0.05) is 72.3 Å². The SMILES string of the molecule is O=P([O-])([O-])C(NS(=O)(=O)c1ccccc1-c1ccc(Cl)cc1)c1ccccc1. The Morgan fingerprint density at radius 3 is 2.04 bits per heavy atom. The number of hydrogen-bond acceptors (Lipinski definition) is 5. The minimum atomic E-state index is -5.32. The number of nitrogens with one attached hydrogen (secondary N) is 1. The summed E-state index contributed by atoms with van der Waals surface area (Å²) in [5.74, 6) is -1.92. The van der Waals surface area contributed by atoms with Gasteiger partial charge in [0.1, 0.15) is 0 Å². The van der Waals surface area contributed by atoms with Crippen LogP contribution < -0.4 is 14.5 Å². The molecule has 0 aliphatic rings. The van der Waals surface area contributed by atoms with Crippen molar-refractivity contribution < 1.29 is 22.8 Å². The topological polar surface area (TPSA) is 109 Å². The smallest absolute Gasteiger partial charge is 0.242 e. The minimum absolute atomic E-state index is 0.0448. The molecule has 0 aromatic heterocycles. The quantitative estimate of drug-likeness (QED) is 0.599. The van der Waals surface area contributed by atoms with Crippen LogP contribution in [0.15, 0.2) is 83.8 Å². The molecule has 3 aromatic rings. The molecule has 3 rings (SSSR count). The normalized spacial score (nSPS) is 13.2. The van der Waals surface area contributed by atoms with Crippen LogP contribution in [0.4, 0.5) is 0 Å². The maximum atomic E-state index is 13.0. The Balaban J connectivity index is 2.06. The summed E-state index contributed by atoms with van der Waals surface area (Å²) in [6.45, 7) is 0. The Morgan fingerprint density at radius 1 is 0.857 bits per heavy atom. The van der Waals surface area contributed by atoms with Crippen LogP contribution in [-0.2, 0) is 14.6 Å². The number of halogens is 1. The molecule has 0 spiro atoms. The summed E-state index contributed by atoms with van der Waals surface area (Å²) in [6.07, 6.45) is 0. The van der Waals surface area contributed by atoms with Gasteiger partial charge in [0.25, 0.3) is 0 Å². The van der Waals surface area contributed by atoms with E-state index in [0.717, 1.165) is 0 Å². The van der Waals surface area contributed by atoms with Crippen molar-refractivity contribution in [3.8, 4) is 11.1 Å². The molecule has 1 N–H and O–H groups in total. The van der Waals surface area contributed by atoms with Gasteiger partial charge >= 0.3 is 0 Å². The molecule has 146 valence electrons. The third-order valence-corrected chi connectivity index (χ3v) is 7.00. The fraction of sp³-hybridized carbons (Fsp3) is 0.0526. The van der Waals surface area contributed by atoms with Crippen LogP contribution >= 0.6 is 19.2 Å². The van der Waals surface area contributed by atoms with Crippen molar-refractivity contribution in [2.45, 2.75) is 10.7 Å². The minimum Gasteiger partial charge on any atom is -0.809 e. The van der Waals surface area contributed by atoms with Crippen LogP contribution in [0.3, 0.4) is 0 Å². The monoisotopic (exact) mass is 435 g/mol. The lowest BCUT2D eigenvalue weighted by Gasteiger charge is -2.38. The number of benzene rings is 3. The van der Waals surface area contributed by atoms with E-state index in [2.05, 4.69) is 0 Å². The van der Waals surface area contributed by atoms with E-state index in [4.69, 9.17) is 11.6 Å². The first kappa shape index (κ1) is 20.7. The average Bonchev–Trinajstić information content (AvgIpc) is 2.67. The third kappa shape index (κ3) is 4.70. The summed E-state index contributed by atoms with van der Waals surface area (Å²) in [5.41, 5.74) is 0.975. The van der Waals surface area contributed by atoms with E-state index in [1.165, 1.54) is 36.4 Å². The molecular weight excluding hydrogens is 421 g/mol. The molecule has 0 saturated heterocycles. The molecule has 0 aliphatic carbocycles. The summed E-state index contributed by atoms with van der Waals surface area (Å²) >= 11 is 5.88. The fourth-order valence-electron chi connectivity index (χ4n) is 2.73. The zero-order valence-corrected chi connectivity index (χ0v) is 16.8. The molecule has 1 unspecified atom stereocenters. The lowest BCUT2D eigenvalue weighted by atomic mass is 10.1. The van der Waals surface area contributed by atoms with Gasteiger partial charge in [-0.05, 0) is 36.9 Å². The summed E-state index contributed by atoms with van der Waals surface area (Å²) in [6, 6.07) is 20.1. The highest BCUT2D eigenvalue weighted by Crippen LogP contribution is 2.43. The van der Waals surface area contributed by atoms with Crippen molar-refractivity contribution in [2.75, 3.05) is 0 Å². The summed E-state index contributed by atoms with van der Waals surface area (Å²) < 4.78 is 39.8. The van der Waals surface area contributed by atoms with Gasteiger partial charge < -0.3 is 14.4 Å². The lowest BCUT2D eigenvalue weighted by molar-refractivity contribution is -0.317. The van der Waals surface area contributed by atoms with Crippen molar-refractivity contribution in [3.05, 3.63) is 89.4 Å². The molecule has 0 aliphatic heterocycles. The van der Waals surface area contributed by atoms with E-state index in [0.29, 0.717) is 16.1 Å². The van der Waals surface area contributed by atoms with Crippen molar-refractivity contribution in [3.63, 3.8) is 0 Å². The lowest BCUT2D eigenvalue weighted by Crippen LogP contribution is -2.35. The first-order chi connectivity index (χ1) is 13.2. The molecule has 0 bridgehead atoms. The third-order valence-electron chi connectivity index (χ3n) is 4.03. The highest BCUT2D eigenvalue weighted by atomic mass is 35.5. The van der Waals surface area contributed by atoms with Crippen molar-refractivity contribution in [2.24, 2.45) is 0 Å². The highest BCUT2D eigenvalue weighted by Gasteiger charge is 2.26. The van der Waals surface area contributed by atoms with E-state index in [9.17, 15) is 22.8 Å². The zero-order valence-electron chi connectivity index (χ0n) is 14.4. The Bertz CT molecular complexity index is 1110. The Kier molecular flexibility index (Phi) is 6.05. The molecule has 0 fully saturated rings. The number of hydrogen-bond donors (Lipinski definition) is 1. The molecule has 0 heterocycles. The van der Waals surface area contributed by atoms with Crippen LogP contribution in [0, 0.1) is 0 Å².